The summed E-state index contributed by atoms with van der Waals surface area (Å²) < 4.78 is 0. The lowest BCUT2D eigenvalue weighted by atomic mass is 10.3. The number of hydrogen-bond donors (Lipinski definition) is 1. The molecule has 0 saturated carbocycles. The predicted molar refractivity (Wildman–Crippen MR) is 45.8 cm³/mol. The normalized spacial score (nSPS) is 10.1. The fraction of sp³-hybridized carbons (Fsp3) is 0.333. The summed E-state index contributed by atoms with van der Waals surface area (Å²) >= 11 is 11.4. The van der Waals surface area contributed by atoms with E-state index >= 15 is 0 Å². The van der Waals surface area contributed by atoms with Gasteiger partial charge in [0.15, 0.2) is 0 Å². The molecule has 1 heterocycles. The zero-order valence-electron chi connectivity index (χ0n) is 5.93. The fourth-order valence-electron chi connectivity index (χ4n) is 0.738. The molecule has 1 aromatic rings. The van der Waals surface area contributed by atoms with Gasteiger partial charge in [-0.25, -0.2) is 9.97 Å². The minimum atomic E-state index is 0.109. The summed E-state index contributed by atoms with van der Waals surface area (Å²) in [5, 5.41) is 0.676. The standard InChI is InChI=1S/C6H7Cl2N3/c1-2-3-4(7)10-6(9)11-5(3)8/h2H2,1H3,(H2,9,10,11). The number of nitrogen functional groups attached to an aromatic ring is 1. The number of rotatable bonds is 1. The Hall–Kier alpha value is -0.540. The summed E-state index contributed by atoms with van der Waals surface area (Å²) in [6.45, 7) is 1.92. The number of hydrogen-bond acceptors (Lipinski definition) is 3. The van der Waals surface area contributed by atoms with Crippen LogP contribution in [0.25, 0.3) is 0 Å². The van der Waals surface area contributed by atoms with E-state index in [-0.39, 0.29) is 5.95 Å². The molecule has 0 fully saturated rings. The molecule has 0 aliphatic rings. The molecular formula is C6H7Cl2N3. The second-order valence-electron chi connectivity index (χ2n) is 2.00. The van der Waals surface area contributed by atoms with Crippen molar-refractivity contribution in [3.8, 4) is 0 Å². The van der Waals surface area contributed by atoms with Crippen LogP contribution in [0.3, 0.4) is 0 Å². The zero-order valence-corrected chi connectivity index (χ0v) is 7.45. The van der Waals surface area contributed by atoms with Gasteiger partial charge in [-0.05, 0) is 6.42 Å². The van der Waals surface area contributed by atoms with E-state index in [1.807, 2.05) is 6.92 Å². The average molecular weight is 192 g/mol. The van der Waals surface area contributed by atoms with Crippen LogP contribution in [0.5, 0.6) is 0 Å². The van der Waals surface area contributed by atoms with E-state index in [0.717, 1.165) is 5.56 Å². The van der Waals surface area contributed by atoms with Crippen LogP contribution in [0.1, 0.15) is 12.5 Å². The number of nitrogens with two attached hydrogens (primary N) is 1. The van der Waals surface area contributed by atoms with E-state index < -0.39 is 0 Å². The van der Waals surface area contributed by atoms with E-state index in [4.69, 9.17) is 28.9 Å². The van der Waals surface area contributed by atoms with Crippen molar-refractivity contribution in [2.45, 2.75) is 13.3 Å². The second-order valence-corrected chi connectivity index (χ2v) is 2.71. The molecule has 0 atom stereocenters. The third kappa shape index (κ3) is 1.73. The summed E-state index contributed by atoms with van der Waals surface area (Å²) in [5.41, 5.74) is 6.03. The highest BCUT2D eigenvalue weighted by atomic mass is 35.5. The van der Waals surface area contributed by atoms with Gasteiger partial charge in [-0.1, -0.05) is 30.1 Å². The molecule has 5 heteroatoms. The Morgan fingerprint density at radius 3 is 2.09 bits per heavy atom. The van der Waals surface area contributed by atoms with Crippen LogP contribution >= 0.6 is 23.2 Å². The van der Waals surface area contributed by atoms with Crippen molar-refractivity contribution < 1.29 is 0 Å². The van der Waals surface area contributed by atoms with Gasteiger partial charge >= 0.3 is 0 Å². The lowest BCUT2D eigenvalue weighted by molar-refractivity contribution is 1.05. The van der Waals surface area contributed by atoms with Crippen LogP contribution in [0.2, 0.25) is 10.3 Å². The summed E-state index contributed by atoms with van der Waals surface area (Å²) in [4.78, 5) is 7.51. The molecule has 2 N–H and O–H groups in total. The van der Waals surface area contributed by atoms with E-state index in [1.54, 1.807) is 0 Å². The van der Waals surface area contributed by atoms with Gasteiger partial charge in [-0.3, -0.25) is 0 Å². The van der Waals surface area contributed by atoms with Gasteiger partial charge in [0.1, 0.15) is 10.3 Å². The minimum Gasteiger partial charge on any atom is -0.368 e. The third-order valence-corrected chi connectivity index (χ3v) is 1.90. The molecule has 60 valence electrons. The first-order valence-corrected chi connectivity index (χ1v) is 3.88. The van der Waals surface area contributed by atoms with Crippen LogP contribution in [-0.2, 0) is 6.42 Å². The van der Waals surface area contributed by atoms with Crippen molar-refractivity contribution in [1.29, 1.82) is 0 Å². The van der Waals surface area contributed by atoms with E-state index in [0.29, 0.717) is 16.7 Å². The maximum Gasteiger partial charge on any atom is 0.222 e. The number of halogens is 2. The molecule has 0 aliphatic heterocycles. The van der Waals surface area contributed by atoms with Gasteiger partial charge in [0.25, 0.3) is 0 Å². The number of aromatic nitrogens is 2. The molecule has 0 aliphatic carbocycles. The highest BCUT2D eigenvalue weighted by molar-refractivity contribution is 6.34. The third-order valence-electron chi connectivity index (χ3n) is 1.28. The maximum absolute atomic E-state index is 5.72. The molecule has 1 rings (SSSR count). The van der Waals surface area contributed by atoms with Gasteiger partial charge in [-0.2, -0.15) is 0 Å². The molecule has 0 spiro atoms. The van der Waals surface area contributed by atoms with Crippen LogP contribution in [0.15, 0.2) is 0 Å². The fourth-order valence-corrected chi connectivity index (χ4v) is 1.41. The molecule has 0 amide bonds. The van der Waals surface area contributed by atoms with Crippen LogP contribution in [0.4, 0.5) is 5.95 Å². The molecular weight excluding hydrogens is 185 g/mol. The first-order chi connectivity index (χ1) is 5.15. The number of nitrogens with zero attached hydrogens (tertiary/aromatic N) is 2. The molecule has 3 nitrogen and oxygen atoms in total. The highest BCUT2D eigenvalue weighted by Crippen LogP contribution is 2.21. The Morgan fingerprint density at radius 2 is 1.73 bits per heavy atom. The van der Waals surface area contributed by atoms with Crippen molar-refractivity contribution in [2.24, 2.45) is 0 Å². The Labute approximate surface area is 74.5 Å². The number of anilines is 1. The first-order valence-electron chi connectivity index (χ1n) is 3.12. The Balaban J connectivity index is 3.25. The molecule has 11 heavy (non-hydrogen) atoms. The van der Waals surface area contributed by atoms with Crippen molar-refractivity contribution in [2.75, 3.05) is 5.73 Å². The van der Waals surface area contributed by atoms with Gasteiger partial charge in [0.2, 0.25) is 5.95 Å². The average Bonchev–Trinajstić information content (AvgIpc) is 1.85. The van der Waals surface area contributed by atoms with Crippen LogP contribution in [-0.4, -0.2) is 9.97 Å². The minimum absolute atomic E-state index is 0.109. The lowest BCUT2D eigenvalue weighted by Crippen LogP contribution is -1.99. The summed E-state index contributed by atoms with van der Waals surface area (Å²) in [6.07, 6.45) is 0.706. The summed E-state index contributed by atoms with van der Waals surface area (Å²) in [5.74, 6) is 0.109. The molecule has 1 aromatic heterocycles. The van der Waals surface area contributed by atoms with E-state index in [1.165, 1.54) is 0 Å². The summed E-state index contributed by atoms with van der Waals surface area (Å²) in [7, 11) is 0. The molecule has 0 radical (unpaired) electrons. The van der Waals surface area contributed by atoms with Gasteiger partial charge in [0.05, 0.1) is 0 Å². The molecule has 0 unspecified atom stereocenters. The Kier molecular flexibility index (Phi) is 2.52. The van der Waals surface area contributed by atoms with Crippen LogP contribution < -0.4 is 5.73 Å². The van der Waals surface area contributed by atoms with Crippen LogP contribution in [0, 0.1) is 0 Å². The SMILES string of the molecule is CCc1c(Cl)nc(N)nc1Cl. The Morgan fingerprint density at radius 1 is 1.27 bits per heavy atom. The Bertz CT molecular complexity index is 252. The van der Waals surface area contributed by atoms with Crippen molar-refractivity contribution in [3.05, 3.63) is 15.9 Å². The van der Waals surface area contributed by atoms with Crippen molar-refractivity contribution >= 4 is 29.2 Å². The van der Waals surface area contributed by atoms with E-state index in [9.17, 15) is 0 Å². The van der Waals surface area contributed by atoms with Gasteiger partial charge < -0.3 is 5.73 Å². The quantitative estimate of drug-likeness (QED) is 0.691. The molecule has 0 aromatic carbocycles. The van der Waals surface area contributed by atoms with E-state index in [2.05, 4.69) is 9.97 Å². The lowest BCUT2D eigenvalue weighted by Gasteiger charge is -2.01. The highest BCUT2D eigenvalue weighted by Gasteiger charge is 2.06. The topological polar surface area (TPSA) is 51.8 Å². The van der Waals surface area contributed by atoms with Crippen molar-refractivity contribution in [3.63, 3.8) is 0 Å². The second kappa shape index (κ2) is 3.24. The monoisotopic (exact) mass is 191 g/mol. The van der Waals surface area contributed by atoms with Crippen molar-refractivity contribution in [1.82, 2.24) is 9.97 Å². The zero-order chi connectivity index (χ0) is 8.43. The van der Waals surface area contributed by atoms with Gasteiger partial charge in [0, 0.05) is 5.56 Å². The summed E-state index contributed by atoms with van der Waals surface area (Å²) in [6, 6.07) is 0. The maximum atomic E-state index is 5.72. The first kappa shape index (κ1) is 8.56. The molecule has 0 bridgehead atoms. The smallest absolute Gasteiger partial charge is 0.222 e. The molecule has 0 saturated heterocycles. The largest absolute Gasteiger partial charge is 0.368 e. The van der Waals surface area contributed by atoms with Gasteiger partial charge in [-0.15, -0.1) is 0 Å². The predicted octanol–water partition coefficient (Wildman–Crippen LogP) is 1.93.